The van der Waals surface area contributed by atoms with E-state index in [1.807, 2.05) is 19.9 Å². The molecule has 1 aromatic rings. The third kappa shape index (κ3) is 7.08. The van der Waals surface area contributed by atoms with Crippen LogP contribution in [0.15, 0.2) is 12.1 Å². The second kappa shape index (κ2) is 12.4. The standard InChI is InChI=1S/C26H43FN2O/c1-6-9-22(12-11-20(4)8-3)19-28-13-15-29(16-14-28)25-17-21(5)23(18-24(25)27)26(30)10-7-2/h17-18,20,22H,6-16,19H2,1-5H3. The van der Waals surface area contributed by atoms with Crippen molar-refractivity contribution >= 4 is 11.5 Å². The van der Waals surface area contributed by atoms with Crippen LogP contribution in [0.25, 0.3) is 0 Å². The Balaban J connectivity index is 1.94. The topological polar surface area (TPSA) is 23.6 Å². The lowest BCUT2D eigenvalue weighted by molar-refractivity contribution is 0.0980. The van der Waals surface area contributed by atoms with E-state index >= 15 is 0 Å². The van der Waals surface area contributed by atoms with E-state index in [1.165, 1.54) is 44.7 Å². The van der Waals surface area contributed by atoms with Gasteiger partial charge in [0.1, 0.15) is 5.82 Å². The summed E-state index contributed by atoms with van der Waals surface area (Å²) < 4.78 is 14.8. The quantitative estimate of drug-likeness (QED) is 0.363. The van der Waals surface area contributed by atoms with E-state index in [-0.39, 0.29) is 11.6 Å². The Bertz CT molecular complexity index is 667. The molecular formula is C26H43FN2O. The molecule has 1 aromatic carbocycles. The van der Waals surface area contributed by atoms with Crippen LogP contribution in [0.2, 0.25) is 0 Å². The smallest absolute Gasteiger partial charge is 0.163 e. The molecule has 0 aromatic heterocycles. The number of rotatable bonds is 12. The van der Waals surface area contributed by atoms with Crippen LogP contribution in [-0.2, 0) is 0 Å². The third-order valence-electron chi connectivity index (χ3n) is 6.76. The van der Waals surface area contributed by atoms with Crippen LogP contribution in [0.1, 0.15) is 88.6 Å². The highest BCUT2D eigenvalue weighted by atomic mass is 19.1. The molecule has 2 atom stereocenters. The Kier molecular flexibility index (Phi) is 10.3. The number of piperazine rings is 1. The number of halogens is 1. The summed E-state index contributed by atoms with van der Waals surface area (Å²) in [5.74, 6) is 1.38. The minimum absolute atomic E-state index is 0.0460. The maximum Gasteiger partial charge on any atom is 0.163 e. The maximum absolute atomic E-state index is 14.8. The summed E-state index contributed by atoms with van der Waals surface area (Å²) in [4.78, 5) is 17.0. The van der Waals surface area contributed by atoms with E-state index < -0.39 is 0 Å². The molecule has 30 heavy (non-hydrogen) atoms. The lowest BCUT2D eigenvalue weighted by atomic mass is 9.91. The molecule has 170 valence electrons. The van der Waals surface area contributed by atoms with Crippen molar-refractivity contribution in [1.82, 2.24) is 4.90 Å². The van der Waals surface area contributed by atoms with E-state index in [1.54, 1.807) is 0 Å². The summed E-state index contributed by atoms with van der Waals surface area (Å²) in [7, 11) is 0. The molecule has 1 heterocycles. The number of Topliss-reactive ketones (excluding diaryl/α,β-unsaturated/α-hetero) is 1. The summed E-state index contributed by atoms with van der Waals surface area (Å²) in [5, 5.41) is 0. The molecule has 2 unspecified atom stereocenters. The first-order chi connectivity index (χ1) is 14.4. The van der Waals surface area contributed by atoms with Crippen LogP contribution in [-0.4, -0.2) is 43.4 Å². The van der Waals surface area contributed by atoms with E-state index in [0.29, 0.717) is 17.7 Å². The summed E-state index contributed by atoms with van der Waals surface area (Å²) in [5.41, 5.74) is 2.09. The highest BCUT2D eigenvalue weighted by Gasteiger charge is 2.23. The summed E-state index contributed by atoms with van der Waals surface area (Å²) in [6, 6.07) is 3.33. The van der Waals surface area contributed by atoms with Gasteiger partial charge >= 0.3 is 0 Å². The van der Waals surface area contributed by atoms with Crippen molar-refractivity contribution in [3.8, 4) is 0 Å². The zero-order valence-corrected chi connectivity index (χ0v) is 20.0. The molecular weight excluding hydrogens is 375 g/mol. The van der Waals surface area contributed by atoms with Crippen molar-refractivity contribution in [2.75, 3.05) is 37.6 Å². The second-order valence-corrected chi connectivity index (χ2v) is 9.32. The van der Waals surface area contributed by atoms with Gasteiger partial charge < -0.3 is 4.90 Å². The monoisotopic (exact) mass is 418 g/mol. The molecule has 1 aliphatic rings. The number of ketones is 1. The van der Waals surface area contributed by atoms with Gasteiger partial charge in [-0.05, 0) is 55.7 Å². The molecule has 0 radical (unpaired) electrons. The SMILES string of the molecule is CCCC(=O)c1cc(F)c(N2CCN(CC(CCC)CCC(C)CC)CC2)cc1C. The van der Waals surface area contributed by atoms with E-state index in [0.717, 1.165) is 50.0 Å². The number of hydrogen-bond acceptors (Lipinski definition) is 3. The van der Waals surface area contributed by atoms with Crippen LogP contribution >= 0.6 is 0 Å². The normalized spacial score (nSPS) is 17.2. The van der Waals surface area contributed by atoms with Gasteiger partial charge in [0.15, 0.2) is 5.78 Å². The van der Waals surface area contributed by atoms with Crippen LogP contribution in [0.3, 0.4) is 0 Å². The molecule has 0 amide bonds. The van der Waals surface area contributed by atoms with Gasteiger partial charge in [0.2, 0.25) is 0 Å². The Morgan fingerprint density at radius 3 is 2.33 bits per heavy atom. The molecule has 1 fully saturated rings. The van der Waals surface area contributed by atoms with Crippen LogP contribution in [0.4, 0.5) is 10.1 Å². The molecule has 0 saturated carbocycles. The lowest BCUT2D eigenvalue weighted by Crippen LogP contribution is -2.48. The van der Waals surface area contributed by atoms with Crippen molar-refractivity contribution in [1.29, 1.82) is 0 Å². The zero-order valence-electron chi connectivity index (χ0n) is 20.0. The predicted molar refractivity (Wildman–Crippen MR) is 126 cm³/mol. The van der Waals surface area contributed by atoms with Gasteiger partial charge in [0, 0.05) is 44.7 Å². The van der Waals surface area contributed by atoms with Crippen LogP contribution < -0.4 is 4.90 Å². The number of benzene rings is 1. The molecule has 1 aliphatic heterocycles. The minimum Gasteiger partial charge on any atom is -0.367 e. The number of hydrogen-bond donors (Lipinski definition) is 0. The first kappa shape index (κ1) is 24.8. The molecule has 2 rings (SSSR count). The van der Waals surface area contributed by atoms with Crippen molar-refractivity contribution in [2.45, 2.75) is 79.6 Å². The molecule has 0 N–H and O–H groups in total. The van der Waals surface area contributed by atoms with Gasteiger partial charge in [0.05, 0.1) is 5.69 Å². The fourth-order valence-corrected chi connectivity index (χ4v) is 4.57. The molecule has 0 aliphatic carbocycles. The first-order valence-corrected chi connectivity index (χ1v) is 12.2. The average molecular weight is 419 g/mol. The number of aryl methyl sites for hydroxylation is 1. The number of carbonyl (C=O) groups excluding carboxylic acids is 1. The summed E-state index contributed by atoms with van der Waals surface area (Å²) >= 11 is 0. The highest BCUT2D eigenvalue weighted by Crippen LogP contribution is 2.27. The fourth-order valence-electron chi connectivity index (χ4n) is 4.57. The van der Waals surface area contributed by atoms with E-state index in [2.05, 4.69) is 30.6 Å². The zero-order chi connectivity index (χ0) is 22.1. The Hall–Kier alpha value is -1.42. The van der Waals surface area contributed by atoms with Gasteiger partial charge in [0.25, 0.3) is 0 Å². The van der Waals surface area contributed by atoms with Gasteiger partial charge in [-0.25, -0.2) is 4.39 Å². The lowest BCUT2D eigenvalue weighted by Gasteiger charge is -2.38. The summed E-state index contributed by atoms with van der Waals surface area (Å²) in [6.45, 7) is 15.7. The summed E-state index contributed by atoms with van der Waals surface area (Å²) in [6.07, 6.45) is 7.74. The van der Waals surface area contributed by atoms with Crippen molar-refractivity contribution < 1.29 is 9.18 Å². The van der Waals surface area contributed by atoms with E-state index in [9.17, 15) is 9.18 Å². The number of anilines is 1. The second-order valence-electron chi connectivity index (χ2n) is 9.32. The molecule has 3 nitrogen and oxygen atoms in total. The van der Waals surface area contributed by atoms with Gasteiger partial charge in [-0.15, -0.1) is 0 Å². The Labute approximate surface area is 184 Å². The first-order valence-electron chi connectivity index (χ1n) is 12.2. The molecule has 0 bridgehead atoms. The van der Waals surface area contributed by atoms with Crippen LogP contribution in [0.5, 0.6) is 0 Å². The Morgan fingerprint density at radius 1 is 1.03 bits per heavy atom. The minimum atomic E-state index is -0.258. The largest absolute Gasteiger partial charge is 0.367 e. The van der Waals surface area contributed by atoms with Crippen LogP contribution in [0, 0.1) is 24.6 Å². The van der Waals surface area contributed by atoms with Gasteiger partial charge in [-0.3, -0.25) is 9.69 Å². The molecule has 0 spiro atoms. The van der Waals surface area contributed by atoms with Crippen molar-refractivity contribution in [3.63, 3.8) is 0 Å². The predicted octanol–water partition coefficient (Wildman–Crippen LogP) is 6.48. The maximum atomic E-state index is 14.8. The molecule has 4 heteroatoms. The van der Waals surface area contributed by atoms with Crippen molar-refractivity contribution in [2.24, 2.45) is 11.8 Å². The Morgan fingerprint density at radius 2 is 1.73 bits per heavy atom. The number of carbonyl (C=O) groups is 1. The molecule has 1 saturated heterocycles. The van der Waals surface area contributed by atoms with Gasteiger partial charge in [-0.1, -0.05) is 47.0 Å². The van der Waals surface area contributed by atoms with Crippen molar-refractivity contribution in [3.05, 3.63) is 29.1 Å². The van der Waals surface area contributed by atoms with E-state index in [4.69, 9.17) is 0 Å². The number of nitrogens with zero attached hydrogens (tertiary/aromatic N) is 2. The average Bonchev–Trinajstić information content (AvgIpc) is 2.74. The third-order valence-corrected chi connectivity index (χ3v) is 6.76. The highest BCUT2D eigenvalue weighted by molar-refractivity contribution is 5.97. The van der Waals surface area contributed by atoms with Gasteiger partial charge in [-0.2, -0.15) is 0 Å². The fraction of sp³-hybridized carbons (Fsp3) is 0.731.